The molecule has 0 atom stereocenters. The maximum absolute atomic E-state index is 14.6. The molecule has 0 bridgehead atoms. The van der Waals surface area contributed by atoms with Gasteiger partial charge in [0.05, 0.1) is 5.69 Å². The number of amides is 1. The van der Waals surface area contributed by atoms with E-state index in [1.54, 1.807) is 18.2 Å². The summed E-state index contributed by atoms with van der Waals surface area (Å²) < 4.78 is 14.6. The van der Waals surface area contributed by atoms with E-state index < -0.39 is 0 Å². The van der Waals surface area contributed by atoms with E-state index in [4.69, 9.17) is 0 Å². The highest BCUT2D eigenvalue weighted by atomic mass is 35.5. The Labute approximate surface area is 158 Å². The van der Waals surface area contributed by atoms with Crippen molar-refractivity contribution in [3.63, 3.8) is 0 Å². The first-order valence-electron chi connectivity index (χ1n) is 8.18. The van der Waals surface area contributed by atoms with Crippen LogP contribution in [-0.4, -0.2) is 18.2 Å². The number of halogens is 2. The summed E-state index contributed by atoms with van der Waals surface area (Å²) in [4.78, 5) is 12.4. The molecule has 1 amide bonds. The van der Waals surface area contributed by atoms with E-state index in [0.29, 0.717) is 24.1 Å². The molecule has 0 fully saturated rings. The van der Waals surface area contributed by atoms with Gasteiger partial charge in [-0.2, -0.15) is 11.8 Å². The van der Waals surface area contributed by atoms with Crippen molar-refractivity contribution in [2.75, 3.05) is 17.6 Å². The van der Waals surface area contributed by atoms with Crippen LogP contribution in [0.5, 0.6) is 0 Å². The standard InChI is InChI=1S/C19H21FN2OS.ClH/c1-2-24-12-13-3-5-14(6-4-13)19(23)22-17-8-7-15-11-21-10-9-16(15)18(17)20;/h3-8,21H,2,9-12H2,1H3,(H,22,23);1H. The molecule has 2 N–H and O–H groups in total. The second-order valence-corrected chi connectivity index (χ2v) is 7.05. The predicted molar refractivity (Wildman–Crippen MR) is 105 cm³/mol. The molecule has 3 rings (SSSR count). The Bertz CT molecular complexity index is 737. The fraction of sp³-hybridized carbons (Fsp3) is 0.316. The second kappa shape index (κ2) is 9.22. The number of anilines is 1. The van der Waals surface area contributed by atoms with Crippen LogP contribution < -0.4 is 10.6 Å². The summed E-state index contributed by atoms with van der Waals surface area (Å²) in [6.45, 7) is 3.56. The SMILES string of the molecule is CCSCc1ccc(C(=O)Nc2ccc3c(c2F)CCNC3)cc1.Cl. The quantitative estimate of drug-likeness (QED) is 0.807. The zero-order chi connectivity index (χ0) is 16.9. The molecule has 1 aliphatic rings. The Morgan fingerprint density at radius 2 is 2.00 bits per heavy atom. The molecule has 2 aromatic carbocycles. The molecular formula is C19H22ClFN2OS. The van der Waals surface area contributed by atoms with E-state index in [2.05, 4.69) is 17.6 Å². The summed E-state index contributed by atoms with van der Waals surface area (Å²) in [5.41, 5.74) is 3.66. The van der Waals surface area contributed by atoms with Crippen LogP contribution in [0, 0.1) is 5.82 Å². The van der Waals surface area contributed by atoms with Gasteiger partial charge in [0.2, 0.25) is 0 Å². The Kier molecular flexibility index (Phi) is 7.29. The van der Waals surface area contributed by atoms with E-state index in [1.165, 1.54) is 5.56 Å². The predicted octanol–water partition coefficient (Wildman–Crippen LogP) is 4.40. The normalized spacial score (nSPS) is 12.9. The van der Waals surface area contributed by atoms with Crippen LogP contribution in [0.3, 0.4) is 0 Å². The third kappa shape index (κ3) is 4.75. The zero-order valence-electron chi connectivity index (χ0n) is 14.1. The van der Waals surface area contributed by atoms with Gasteiger partial charge >= 0.3 is 0 Å². The minimum absolute atomic E-state index is 0. The molecule has 1 heterocycles. The maximum atomic E-state index is 14.6. The van der Waals surface area contributed by atoms with Gasteiger partial charge in [0.15, 0.2) is 0 Å². The molecule has 0 spiro atoms. The lowest BCUT2D eigenvalue weighted by atomic mass is 9.99. The van der Waals surface area contributed by atoms with E-state index in [9.17, 15) is 9.18 Å². The van der Waals surface area contributed by atoms with Gasteiger partial charge in [-0.15, -0.1) is 12.4 Å². The van der Waals surface area contributed by atoms with Gasteiger partial charge in [0.25, 0.3) is 5.91 Å². The Morgan fingerprint density at radius 1 is 1.24 bits per heavy atom. The molecule has 0 aromatic heterocycles. The third-order valence-corrected chi connectivity index (χ3v) is 5.09. The molecule has 0 saturated carbocycles. The first-order chi connectivity index (χ1) is 11.7. The van der Waals surface area contributed by atoms with Crippen LogP contribution in [-0.2, 0) is 18.7 Å². The Balaban J connectivity index is 0.00000225. The first-order valence-corrected chi connectivity index (χ1v) is 9.33. The maximum Gasteiger partial charge on any atom is 0.255 e. The van der Waals surface area contributed by atoms with E-state index in [0.717, 1.165) is 23.6 Å². The highest BCUT2D eigenvalue weighted by molar-refractivity contribution is 7.98. The molecule has 3 nitrogen and oxygen atoms in total. The number of hydrogen-bond donors (Lipinski definition) is 2. The molecule has 1 aliphatic heterocycles. The van der Waals surface area contributed by atoms with Gasteiger partial charge in [0, 0.05) is 17.9 Å². The number of carbonyl (C=O) groups excluding carboxylic acids is 1. The molecular weight excluding hydrogens is 359 g/mol. The lowest BCUT2D eigenvalue weighted by Crippen LogP contribution is -2.25. The van der Waals surface area contributed by atoms with Crippen molar-refractivity contribution in [2.24, 2.45) is 0 Å². The van der Waals surface area contributed by atoms with Crippen molar-refractivity contribution in [3.8, 4) is 0 Å². The second-order valence-electron chi connectivity index (χ2n) is 5.78. The zero-order valence-corrected chi connectivity index (χ0v) is 15.7. The summed E-state index contributed by atoms with van der Waals surface area (Å²) in [5, 5.41) is 5.92. The third-order valence-electron chi connectivity index (χ3n) is 4.14. The van der Waals surface area contributed by atoms with Crippen LogP contribution >= 0.6 is 24.2 Å². The minimum atomic E-state index is -0.307. The van der Waals surface area contributed by atoms with Crippen LogP contribution in [0.1, 0.15) is 34.0 Å². The van der Waals surface area contributed by atoms with Gasteiger partial charge in [-0.05, 0) is 53.6 Å². The van der Waals surface area contributed by atoms with Gasteiger partial charge in [-0.25, -0.2) is 4.39 Å². The van der Waals surface area contributed by atoms with Crippen LogP contribution in [0.2, 0.25) is 0 Å². The van der Waals surface area contributed by atoms with Crippen LogP contribution in [0.25, 0.3) is 0 Å². The Morgan fingerprint density at radius 3 is 2.72 bits per heavy atom. The van der Waals surface area contributed by atoms with Crippen LogP contribution in [0.4, 0.5) is 10.1 Å². The largest absolute Gasteiger partial charge is 0.319 e. The summed E-state index contributed by atoms with van der Waals surface area (Å²) >= 11 is 1.84. The molecule has 25 heavy (non-hydrogen) atoms. The van der Waals surface area contributed by atoms with Crippen molar-refractivity contribution in [2.45, 2.75) is 25.6 Å². The number of fused-ring (bicyclic) bond motifs is 1. The highest BCUT2D eigenvalue weighted by Gasteiger charge is 2.17. The number of hydrogen-bond acceptors (Lipinski definition) is 3. The fourth-order valence-electron chi connectivity index (χ4n) is 2.80. The molecule has 0 unspecified atom stereocenters. The number of benzene rings is 2. The average Bonchev–Trinajstić information content (AvgIpc) is 2.63. The molecule has 134 valence electrons. The smallest absolute Gasteiger partial charge is 0.255 e. The lowest BCUT2D eigenvalue weighted by Gasteiger charge is -2.19. The number of carbonyl (C=O) groups is 1. The first kappa shape index (κ1) is 19.8. The van der Waals surface area contributed by atoms with Gasteiger partial charge in [0.1, 0.15) is 5.82 Å². The van der Waals surface area contributed by atoms with E-state index in [1.807, 2.05) is 30.0 Å². The summed E-state index contributed by atoms with van der Waals surface area (Å²) in [6, 6.07) is 11.0. The summed E-state index contributed by atoms with van der Waals surface area (Å²) in [7, 11) is 0. The molecule has 2 aromatic rings. The summed E-state index contributed by atoms with van der Waals surface area (Å²) in [5.74, 6) is 1.41. The number of nitrogens with one attached hydrogen (secondary N) is 2. The Hall–Kier alpha value is -1.56. The molecule has 0 radical (unpaired) electrons. The molecule has 6 heteroatoms. The van der Waals surface area contributed by atoms with Gasteiger partial charge in [-0.1, -0.05) is 25.1 Å². The van der Waals surface area contributed by atoms with Crippen molar-refractivity contribution >= 4 is 35.8 Å². The average molecular weight is 381 g/mol. The molecule has 0 aliphatic carbocycles. The fourth-order valence-corrected chi connectivity index (χ4v) is 3.43. The highest BCUT2D eigenvalue weighted by Crippen LogP contribution is 2.25. The van der Waals surface area contributed by atoms with E-state index >= 15 is 0 Å². The lowest BCUT2D eigenvalue weighted by molar-refractivity contribution is 0.102. The van der Waals surface area contributed by atoms with Crippen molar-refractivity contribution < 1.29 is 9.18 Å². The van der Waals surface area contributed by atoms with Crippen molar-refractivity contribution in [1.82, 2.24) is 5.32 Å². The molecule has 0 saturated heterocycles. The van der Waals surface area contributed by atoms with E-state index in [-0.39, 0.29) is 29.8 Å². The van der Waals surface area contributed by atoms with Crippen molar-refractivity contribution in [1.29, 1.82) is 0 Å². The minimum Gasteiger partial charge on any atom is -0.319 e. The number of thioether (sulfide) groups is 1. The number of rotatable bonds is 5. The monoisotopic (exact) mass is 380 g/mol. The van der Waals surface area contributed by atoms with Gasteiger partial charge < -0.3 is 10.6 Å². The topological polar surface area (TPSA) is 41.1 Å². The summed E-state index contributed by atoms with van der Waals surface area (Å²) in [6.07, 6.45) is 0.647. The van der Waals surface area contributed by atoms with Gasteiger partial charge in [-0.3, -0.25) is 4.79 Å². The van der Waals surface area contributed by atoms with Crippen LogP contribution in [0.15, 0.2) is 36.4 Å². The van der Waals surface area contributed by atoms with Crippen molar-refractivity contribution in [3.05, 3.63) is 64.5 Å².